The highest BCUT2D eigenvalue weighted by atomic mass is 15.2. The van der Waals surface area contributed by atoms with Crippen LogP contribution in [0.25, 0.3) is 11.3 Å². The second-order valence-electron chi connectivity index (χ2n) is 6.24. The predicted octanol–water partition coefficient (Wildman–Crippen LogP) is 1.75. The maximum atomic E-state index is 6.07. The van der Waals surface area contributed by atoms with E-state index in [4.69, 9.17) is 11.5 Å². The van der Waals surface area contributed by atoms with Crippen molar-refractivity contribution in [2.75, 3.05) is 23.7 Å². The minimum Gasteiger partial charge on any atom is -0.368 e. The van der Waals surface area contributed by atoms with E-state index >= 15 is 0 Å². The molecule has 22 heavy (non-hydrogen) atoms. The number of nitrogen functional groups attached to an aromatic ring is 1. The third-order valence-corrected chi connectivity index (χ3v) is 4.67. The minimum atomic E-state index is 0.227. The third kappa shape index (κ3) is 2.22. The van der Waals surface area contributed by atoms with E-state index in [1.54, 1.807) is 0 Å². The van der Waals surface area contributed by atoms with Crippen molar-refractivity contribution in [2.45, 2.75) is 31.7 Å². The van der Waals surface area contributed by atoms with Crippen LogP contribution < -0.4 is 16.4 Å². The molecule has 0 amide bonds. The van der Waals surface area contributed by atoms with Crippen LogP contribution in [0, 0.1) is 0 Å². The lowest BCUT2D eigenvalue weighted by Crippen LogP contribution is -2.28. The monoisotopic (exact) mass is 295 g/mol. The second kappa shape index (κ2) is 5.25. The molecule has 1 aromatic carbocycles. The fourth-order valence-corrected chi connectivity index (χ4v) is 3.61. The molecule has 2 aliphatic rings. The number of nitrogens with zero attached hydrogens (tertiary/aromatic N) is 3. The number of benzene rings is 1. The molecule has 0 radical (unpaired) electrons. The van der Waals surface area contributed by atoms with E-state index in [2.05, 4.69) is 39.1 Å². The van der Waals surface area contributed by atoms with Gasteiger partial charge in [0.2, 0.25) is 5.95 Å². The van der Waals surface area contributed by atoms with Crippen molar-refractivity contribution in [3.8, 4) is 11.3 Å². The van der Waals surface area contributed by atoms with E-state index in [1.807, 2.05) is 0 Å². The molecule has 5 heteroatoms. The Morgan fingerprint density at radius 1 is 1.14 bits per heavy atom. The lowest BCUT2D eigenvalue weighted by molar-refractivity contribution is 0.750. The Bertz CT molecular complexity index is 712. The highest BCUT2D eigenvalue weighted by Crippen LogP contribution is 2.36. The molecule has 1 atom stereocenters. The normalized spacial score (nSPS) is 20.4. The number of anilines is 2. The first-order chi connectivity index (χ1) is 10.7. The molecular weight excluding hydrogens is 274 g/mol. The Labute approximate surface area is 130 Å². The first-order valence-corrected chi connectivity index (χ1v) is 7.97. The molecule has 2 aromatic rings. The summed E-state index contributed by atoms with van der Waals surface area (Å²) in [5.74, 6) is 1.35. The number of hydrogen-bond acceptors (Lipinski definition) is 5. The van der Waals surface area contributed by atoms with E-state index in [1.165, 1.54) is 16.7 Å². The smallest absolute Gasteiger partial charge is 0.222 e. The summed E-state index contributed by atoms with van der Waals surface area (Å²) in [6.07, 6.45) is 4.19. The molecule has 0 saturated carbocycles. The van der Waals surface area contributed by atoms with Gasteiger partial charge in [0.05, 0.1) is 5.69 Å². The van der Waals surface area contributed by atoms with Crippen molar-refractivity contribution in [2.24, 2.45) is 5.73 Å². The summed E-state index contributed by atoms with van der Waals surface area (Å²) in [7, 11) is 0. The van der Waals surface area contributed by atoms with Gasteiger partial charge in [0, 0.05) is 30.3 Å². The molecule has 5 nitrogen and oxygen atoms in total. The number of aromatic nitrogens is 2. The number of nitrogens with two attached hydrogens (primary N) is 2. The zero-order valence-corrected chi connectivity index (χ0v) is 12.6. The van der Waals surface area contributed by atoms with Crippen molar-refractivity contribution in [1.82, 2.24) is 9.97 Å². The van der Waals surface area contributed by atoms with Gasteiger partial charge in [0.25, 0.3) is 0 Å². The lowest BCUT2D eigenvalue weighted by atomic mass is 10.0. The largest absolute Gasteiger partial charge is 0.368 e. The summed E-state index contributed by atoms with van der Waals surface area (Å²) in [6, 6.07) is 8.72. The van der Waals surface area contributed by atoms with Crippen LogP contribution >= 0.6 is 0 Å². The molecule has 1 aromatic heterocycles. The topological polar surface area (TPSA) is 81.1 Å². The summed E-state index contributed by atoms with van der Waals surface area (Å²) >= 11 is 0. The number of hydrogen-bond donors (Lipinski definition) is 2. The average Bonchev–Trinajstić information content (AvgIpc) is 2.86. The fourth-order valence-electron chi connectivity index (χ4n) is 3.61. The zero-order valence-electron chi connectivity index (χ0n) is 12.6. The van der Waals surface area contributed by atoms with E-state index in [0.29, 0.717) is 5.95 Å². The van der Waals surface area contributed by atoms with Gasteiger partial charge in [-0.3, -0.25) is 0 Å². The van der Waals surface area contributed by atoms with Gasteiger partial charge in [-0.1, -0.05) is 24.3 Å². The molecule has 114 valence electrons. The molecule has 0 spiro atoms. The Hall–Kier alpha value is -2.14. The van der Waals surface area contributed by atoms with E-state index in [0.717, 1.165) is 50.3 Å². The van der Waals surface area contributed by atoms with Gasteiger partial charge >= 0.3 is 0 Å². The Morgan fingerprint density at radius 2 is 2.00 bits per heavy atom. The van der Waals surface area contributed by atoms with Gasteiger partial charge in [-0.05, 0) is 31.2 Å². The maximum absolute atomic E-state index is 6.07. The van der Waals surface area contributed by atoms with Crippen LogP contribution in [0.1, 0.15) is 24.0 Å². The second-order valence-corrected chi connectivity index (χ2v) is 6.24. The fraction of sp³-hybridized carbons (Fsp3) is 0.412. The molecular formula is C17H21N5. The zero-order chi connectivity index (χ0) is 15.1. The average molecular weight is 295 g/mol. The van der Waals surface area contributed by atoms with Crippen LogP contribution in [0.15, 0.2) is 24.3 Å². The quantitative estimate of drug-likeness (QED) is 0.837. The van der Waals surface area contributed by atoms with Crippen molar-refractivity contribution < 1.29 is 0 Å². The highest BCUT2D eigenvalue weighted by Gasteiger charge is 2.27. The molecule has 1 saturated heterocycles. The summed E-state index contributed by atoms with van der Waals surface area (Å²) in [6.45, 7) is 1.80. The van der Waals surface area contributed by atoms with Gasteiger partial charge in [0.15, 0.2) is 0 Å². The summed E-state index contributed by atoms with van der Waals surface area (Å²) < 4.78 is 0. The molecule has 4 rings (SSSR count). The van der Waals surface area contributed by atoms with Gasteiger partial charge in [-0.15, -0.1) is 0 Å². The minimum absolute atomic E-state index is 0.227. The maximum Gasteiger partial charge on any atom is 0.222 e. The lowest BCUT2D eigenvalue weighted by Gasteiger charge is -2.22. The van der Waals surface area contributed by atoms with E-state index in [9.17, 15) is 0 Å². The van der Waals surface area contributed by atoms with Crippen LogP contribution in [0.2, 0.25) is 0 Å². The van der Waals surface area contributed by atoms with Crippen LogP contribution in [-0.2, 0) is 12.8 Å². The van der Waals surface area contributed by atoms with Crippen molar-refractivity contribution in [3.05, 3.63) is 35.4 Å². The van der Waals surface area contributed by atoms with Gasteiger partial charge in [0.1, 0.15) is 5.82 Å². The molecule has 1 unspecified atom stereocenters. The van der Waals surface area contributed by atoms with Gasteiger partial charge in [-0.25, -0.2) is 4.98 Å². The van der Waals surface area contributed by atoms with Crippen molar-refractivity contribution >= 4 is 11.8 Å². The van der Waals surface area contributed by atoms with Crippen LogP contribution in [0.3, 0.4) is 0 Å². The molecule has 2 heterocycles. The van der Waals surface area contributed by atoms with E-state index in [-0.39, 0.29) is 6.04 Å². The number of rotatable bonds is 1. The Kier molecular flexibility index (Phi) is 3.22. The van der Waals surface area contributed by atoms with Crippen molar-refractivity contribution in [1.29, 1.82) is 0 Å². The van der Waals surface area contributed by atoms with Gasteiger partial charge in [-0.2, -0.15) is 4.98 Å². The van der Waals surface area contributed by atoms with Gasteiger partial charge < -0.3 is 16.4 Å². The van der Waals surface area contributed by atoms with E-state index < -0.39 is 0 Å². The van der Waals surface area contributed by atoms with Crippen LogP contribution in [0.4, 0.5) is 11.8 Å². The molecule has 1 aliphatic heterocycles. The van der Waals surface area contributed by atoms with Crippen molar-refractivity contribution in [3.63, 3.8) is 0 Å². The first kappa shape index (κ1) is 13.5. The molecule has 1 fully saturated rings. The molecule has 1 aliphatic carbocycles. The third-order valence-electron chi connectivity index (χ3n) is 4.67. The van der Waals surface area contributed by atoms with Crippen LogP contribution in [-0.4, -0.2) is 29.1 Å². The summed E-state index contributed by atoms with van der Waals surface area (Å²) in [5, 5.41) is 0. The molecule has 0 bridgehead atoms. The number of aryl methyl sites for hydroxylation is 1. The first-order valence-electron chi connectivity index (χ1n) is 7.97. The predicted molar refractivity (Wildman–Crippen MR) is 88.7 cm³/mol. The number of fused-ring (bicyclic) bond motifs is 3. The molecule has 4 N–H and O–H groups in total. The Morgan fingerprint density at radius 3 is 2.82 bits per heavy atom. The van der Waals surface area contributed by atoms with Crippen LogP contribution in [0.5, 0.6) is 0 Å². The summed E-state index contributed by atoms with van der Waals surface area (Å²) in [5.41, 5.74) is 16.9. The SMILES string of the molecule is Nc1nc2c(c(N3CCC(N)C3)n1)CCCc1ccccc1-2. The highest BCUT2D eigenvalue weighted by molar-refractivity contribution is 5.74. The Balaban J connectivity index is 1.89. The summed E-state index contributed by atoms with van der Waals surface area (Å²) in [4.78, 5) is 11.4. The standard InChI is InChI=1S/C17H21N5/c18-12-8-9-22(10-12)16-14-7-3-5-11-4-1-2-6-13(11)15(14)20-17(19)21-16/h1-2,4,6,12H,3,5,7-10,18H2,(H2,19,20,21).